The van der Waals surface area contributed by atoms with Gasteiger partial charge in [0, 0.05) is 11.4 Å². The largest absolute Gasteiger partial charge is 0.478 e. The third-order valence-electron chi connectivity index (χ3n) is 2.55. The highest BCUT2D eigenvalue weighted by molar-refractivity contribution is 7.92. The summed E-state index contributed by atoms with van der Waals surface area (Å²) in [5.41, 5.74) is 5.71. The molecule has 2 aromatic rings. The molecule has 4 N–H and O–H groups in total. The van der Waals surface area contributed by atoms with Gasteiger partial charge in [0.2, 0.25) is 0 Å². The van der Waals surface area contributed by atoms with Crippen molar-refractivity contribution in [1.82, 2.24) is 0 Å². The van der Waals surface area contributed by atoms with Gasteiger partial charge in [-0.3, -0.25) is 4.72 Å². The lowest BCUT2D eigenvalue weighted by molar-refractivity contribution is 0.0692. The number of nitrogens with one attached hydrogen (secondary N) is 1. The number of aromatic carboxylic acids is 1. The van der Waals surface area contributed by atoms with Gasteiger partial charge in [-0.15, -0.1) is 0 Å². The molecule has 7 heteroatoms. The number of nitrogen functional groups attached to an aromatic ring is 1. The van der Waals surface area contributed by atoms with Crippen LogP contribution in [-0.4, -0.2) is 19.5 Å². The Bertz CT molecular complexity index is 742. The molecule has 0 fully saturated rings. The summed E-state index contributed by atoms with van der Waals surface area (Å²) in [6, 6.07) is 11.8. The molecule has 20 heavy (non-hydrogen) atoms. The molecule has 0 radical (unpaired) electrons. The van der Waals surface area contributed by atoms with Crippen LogP contribution in [0.4, 0.5) is 11.4 Å². The van der Waals surface area contributed by atoms with Gasteiger partial charge in [-0.25, -0.2) is 13.2 Å². The number of carboxylic acid groups (broad SMARTS) is 1. The fourth-order valence-electron chi connectivity index (χ4n) is 1.65. The molecule has 0 unspecified atom stereocenters. The monoisotopic (exact) mass is 292 g/mol. The van der Waals surface area contributed by atoms with Crippen LogP contribution in [-0.2, 0) is 10.0 Å². The highest BCUT2D eigenvalue weighted by atomic mass is 32.2. The van der Waals surface area contributed by atoms with E-state index in [4.69, 9.17) is 10.8 Å². The van der Waals surface area contributed by atoms with Crippen molar-refractivity contribution in [3.63, 3.8) is 0 Å². The lowest BCUT2D eigenvalue weighted by atomic mass is 10.2. The van der Waals surface area contributed by atoms with Crippen molar-refractivity contribution < 1.29 is 18.3 Å². The summed E-state index contributed by atoms with van der Waals surface area (Å²) >= 11 is 0. The lowest BCUT2D eigenvalue weighted by Gasteiger charge is -2.11. The van der Waals surface area contributed by atoms with Gasteiger partial charge in [0.1, 0.15) is 4.90 Å². The highest BCUT2D eigenvalue weighted by Crippen LogP contribution is 2.22. The number of benzene rings is 2. The molecule has 6 nitrogen and oxygen atoms in total. The molecule has 0 spiro atoms. The van der Waals surface area contributed by atoms with E-state index in [0.29, 0.717) is 5.69 Å². The van der Waals surface area contributed by atoms with Crippen LogP contribution in [0.25, 0.3) is 0 Å². The minimum Gasteiger partial charge on any atom is -0.478 e. The fourth-order valence-corrected chi connectivity index (χ4v) is 2.95. The summed E-state index contributed by atoms with van der Waals surface area (Å²) < 4.78 is 26.8. The standard InChI is InChI=1S/C13H12N2O4S/c14-9-6-7-11(13(16)17)12(8-9)20(18,19)15-10-4-2-1-3-5-10/h1-8,15H,14H2,(H,16,17). The number of carboxylic acids is 1. The molecule has 0 saturated heterocycles. The van der Waals surface area contributed by atoms with Crippen molar-refractivity contribution >= 4 is 27.4 Å². The summed E-state index contributed by atoms with van der Waals surface area (Å²) in [7, 11) is -4.02. The van der Waals surface area contributed by atoms with Crippen molar-refractivity contribution in [2.75, 3.05) is 10.5 Å². The molecule has 0 amide bonds. The summed E-state index contributed by atoms with van der Waals surface area (Å²) in [4.78, 5) is 10.7. The lowest BCUT2D eigenvalue weighted by Crippen LogP contribution is -2.17. The molecule has 0 aliphatic rings. The van der Waals surface area contributed by atoms with E-state index in [1.165, 1.54) is 6.07 Å². The summed E-state index contributed by atoms with van der Waals surface area (Å²) in [6.07, 6.45) is 0. The van der Waals surface area contributed by atoms with Crippen LogP contribution in [0.3, 0.4) is 0 Å². The van der Waals surface area contributed by atoms with E-state index in [0.717, 1.165) is 12.1 Å². The Hall–Kier alpha value is -2.54. The van der Waals surface area contributed by atoms with Crippen molar-refractivity contribution in [1.29, 1.82) is 0 Å². The van der Waals surface area contributed by atoms with Crippen molar-refractivity contribution in [2.24, 2.45) is 0 Å². The van der Waals surface area contributed by atoms with Crippen molar-refractivity contribution in [3.05, 3.63) is 54.1 Å². The predicted octanol–water partition coefficient (Wildman–Crippen LogP) is 1.77. The quantitative estimate of drug-likeness (QED) is 0.744. The number of rotatable bonds is 4. The first-order chi connectivity index (χ1) is 9.40. The van der Waals surface area contributed by atoms with Gasteiger partial charge in [0.25, 0.3) is 10.0 Å². The van der Waals surface area contributed by atoms with Crippen LogP contribution in [0.5, 0.6) is 0 Å². The van der Waals surface area contributed by atoms with Crippen LogP contribution in [0.15, 0.2) is 53.4 Å². The topological polar surface area (TPSA) is 109 Å². The third-order valence-corrected chi connectivity index (χ3v) is 3.97. The van der Waals surface area contributed by atoms with Crippen LogP contribution in [0.2, 0.25) is 0 Å². The van der Waals surface area contributed by atoms with Crippen molar-refractivity contribution in [2.45, 2.75) is 4.90 Å². The zero-order valence-electron chi connectivity index (χ0n) is 10.3. The molecule has 2 rings (SSSR count). The molecular formula is C13H12N2O4S. The zero-order chi connectivity index (χ0) is 14.8. The highest BCUT2D eigenvalue weighted by Gasteiger charge is 2.22. The molecule has 104 valence electrons. The van der Waals surface area contributed by atoms with E-state index in [-0.39, 0.29) is 16.1 Å². The molecular weight excluding hydrogens is 280 g/mol. The Morgan fingerprint density at radius 1 is 1.10 bits per heavy atom. The Balaban J connectivity index is 2.49. The second kappa shape index (κ2) is 5.22. The Morgan fingerprint density at radius 2 is 1.75 bits per heavy atom. The number of para-hydroxylation sites is 1. The average molecular weight is 292 g/mol. The molecule has 0 aliphatic carbocycles. The molecule has 2 aromatic carbocycles. The van der Waals surface area contributed by atoms with Crippen molar-refractivity contribution in [3.8, 4) is 0 Å². The van der Waals surface area contributed by atoms with Gasteiger partial charge in [0.15, 0.2) is 0 Å². The Labute approximate surface area is 115 Å². The first-order valence-corrected chi connectivity index (χ1v) is 7.09. The SMILES string of the molecule is Nc1ccc(C(=O)O)c(S(=O)(=O)Nc2ccccc2)c1. The van der Waals surface area contributed by atoms with Gasteiger partial charge in [0.05, 0.1) is 5.56 Å². The van der Waals surface area contributed by atoms with Crippen LogP contribution >= 0.6 is 0 Å². The number of carbonyl (C=O) groups is 1. The fraction of sp³-hybridized carbons (Fsp3) is 0. The van der Waals surface area contributed by atoms with E-state index in [1.807, 2.05) is 0 Å². The first kappa shape index (κ1) is 13.9. The van der Waals surface area contributed by atoms with Gasteiger partial charge in [-0.2, -0.15) is 0 Å². The summed E-state index contributed by atoms with van der Waals surface area (Å²) in [5, 5.41) is 9.05. The van der Waals surface area contributed by atoms with Gasteiger partial charge >= 0.3 is 5.97 Å². The van der Waals surface area contributed by atoms with E-state index < -0.39 is 16.0 Å². The zero-order valence-corrected chi connectivity index (χ0v) is 11.1. The molecule has 0 saturated carbocycles. The molecule has 0 aromatic heterocycles. The van der Waals surface area contributed by atoms with Crippen LogP contribution < -0.4 is 10.5 Å². The smallest absolute Gasteiger partial charge is 0.337 e. The number of hydrogen-bond acceptors (Lipinski definition) is 4. The number of hydrogen-bond donors (Lipinski definition) is 3. The van der Waals surface area contributed by atoms with E-state index in [9.17, 15) is 13.2 Å². The third kappa shape index (κ3) is 2.89. The first-order valence-electron chi connectivity index (χ1n) is 5.61. The Morgan fingerprint density at radius 3 is 2.35 bits per heavy atom. The van der Waals surface area contributed by atoms with Gasteiger partial charge < -0.3 is 10.8 Å². The van der Waals surface area contributed by atoms with E-state index in [1.54, 1.807) is 30.3 Å². The van der Waals surface area contributed by atoms with Crippen LogP contribution in [0.1, 0.15) is 10.4 Å². The number of anilines is 2. The minimum absolute atomic E-state index is 0.170. The molecule has 0 bridgehead atoms. The van der Waals surface area contributed by atoms with E-state index in [2.05, 4.69) is 4.72 Å². The van der Waals surface area contributed by atoms with Gasteiger partial charge in [-0.05, 0) is 30.3 Å². The summed E-state index contributed by atoms with van der Waals surface area (Å²) in [5.74, 6) is -1.33. The normalized spacial score (nSPS) is 11.0. The Kier molecular flexibility index (Phi) is 3.62. The maximum absolute atomic E-state index is 12.2. The van der Waals surface area contributed by atoms with E-state index >= 15 is 0 Å². The van der Waals surface area contributed by atoms with Gasteiger partial charge in [-0.1, -0.05) is 18.2 Å². The number of sulfonamides is 1. The minimum atomic E-state index is -4.02. The van der Waals surface area contributed by atoms with Crippen LogP contribution in [0, 0.1) is 0 Å². The predicted molar refractivity (Wildman–Crippen MR) is 75.1 cm³/mol. The second-order valence-electron chi connectivity index (χ2n) is 4.03. The maximum Gasteiger partial charge on any atom is 0.337 e. The number of nitrogens with two attached hydrogens (primary N) is 1. The molecule has 0 atom stereocenters. The molecule has 0 aliphatic heterocycles. The second-order valence-corrected chi connectivity index (χ2v) is 5.68. The maximum atomic E-state index is 12.2. The molecule has 0 heterocycles. The summed E-state index contributed by atoms with van der Waals surface area (Å²) in [6.45, 7) is 0. The average Bonchev–Trinajstić information content (AvgIpc) is 2.39.